The van der Waals surface area contributed by atoms with Crippen molar-refractivity contribution in [1.82, 2.24) is 19.6 Å². The summed E-state index contributed by atoms with van der Waals surface area (Å²) in [5.74, 6) is -4.75. The van der Waals surface area contributed by atoms with Crippen LogP contribution in [0.3, 0.4) is 0 Å². The van der Waals surface area contributed by atoms with E-state index < -0.39 is 52.0 Å². The van der Waals surface area contributed by atoms with E-state index >= 15 is 0 Å². The maximum absolute atomic E-state index is 12.8. The van der Waals surface area contributed by atoms with Crippen LogP contribution in [0, 0.1) is 0 Å². The van der Waals surface area contributed by atoms with E-state index in [0.717, 1.165) is 26.4 Å². The van der Waals surface area contributed by atoms with Crippen molar-refractivity contribution in [3.8, 4) is 5.75 Å². The average Bonchev–Trinajstić information content (AvgIpc) is 3.21. The van der Waals surface area contributed by atoms with Crippen molar-refractivity contribution < 1.29 is 45.8 Å². The number of rotatable bonds is 9. The second-order valence-electron chi connectivity index (χ2n) is 7.52. The lowest BCUT2D eigenvalue weighted by Crippen LogP contribution is -2.58. The van der Waals surface area contributed by atoms with Gasteiger partial charge in [-0.3, -0.25) is 9.59 Å². The Morgan fingerprint density at radius 2 is 1.76 bits per heavy atom. The van der Waals surface area contributed by atoms with Crippen molar-refractivity contribution in [2.75, 3.05) is 7.11 Å². The van der Waals surface area contributed by atoms with Gasteiger partial charge in [0.25, 0.3) is 10.0 Å². The van der Waals surface area contributed by atoms with Crippen molar-refractivity contribution in [1.29, 1.82) is 0 Å². The van der Waals surface area contributed by atoms with Crippen molar-refractivity contribution in [3.05, 3.63) is 42.5 Å². The SMILES string of the molecule is COc1ccc(S(=O)(=O)n2cnc(C[C@H](NC(=O)C(F)(F)F)C(=O)NC(C)(C)C(=O)O)c2)cc1. The number of alkyl halides is 3. The topological polar surface area (TPSA) is 157 Å². The Kier molecular flexibility index (Phi) is 7.60. The van der Waals surface area contributed by atoms with Crippen molar-refractivity contribution >= 4 is 27.8 Å². The van der Waals surface area contributed by atoms with Gasteiger partial charge in [0.05, 0.1) is 17.7 Å². The number of carboxylic acid groups (broad SMARTS) is 1. The number of carbonyl (C=O) groups is 3. The van der Waals surface area contributed by atoms with E-state index in [4.69, 9.17) is 9.84 Å². The van der Waals surface area contributed by atoms with Crippen molar-refractivity contribution in [3.63, 3.8) is 0 Å². The Morgan fingerprint density at radius 3 is 2.26 bits per heavy atom. The first-order valence-electron chi connectivity index (χ1n) is 9.43. The molecule has 0 aliphatic heterocycles. The van der Waals surface area contributed by atoms with Crippen molar-refractivity contribution in [2.24, 2.45) is 0 Å². The molecule has 0 aliphatic carbocycles. The fourth-order valence-electron chi connectivity index (χ4n) is 2.56. The molecule has 2 aromatic rings. The lowest BCUT2D eigenvalue weighted by Gasteiger charge is -2.25. The summed E-state index contributed by atoms with van der Waals surface area (Å²) in [6.45, 7) is 2.18. The number of aromatic nitrogens is 2. The largest absolute Gasteiger partial charge is 0.497 e. The van der Waals surface area contributed by atoms with Crippen LogP contribution in [-0.4, -0.2) is 65.1 Å². The molecule has 0 spiro atoms. The van der Waals surface area contributed by atoms with Crippen LogP contribution < -0.4 is 15.4 Å². The van der Waals surface area contributed by atoms with E-state index in [9.17, 15) is 36.0 Å². The van der Waals surface area contributed by atoms with Crippen LogP contribution in [0.1, 0.15) is 19.5 Å². The van der Waals surface area contributed by atoms with Crippen LogP contribution in [0.15, 0.2) is 41.7 Å². The number of ether oxygens (including phenoxy) is 1. The zero-order chi connectivity index (χ0) is 25.9. The van der Waals surface area contributed by atoms with Crippen molar-refractivity contribution in [2.45, 2.75) is 42.9 Å². The minimum absolute atomic E-state index is 0.139. The third-order valence-corrected chi connectivity index (χ3v) is 6.13. The van der Waals surface area contributed by atoms with E-state index in [1.165, 1.54) is 36.7 Å². The Bertz CT molecular complexity index is 1180. The molecule has 2 rings (SSSR count). The molecular formula is C19H21F3N4O7S. The van der Waals surface area contributed by atoms with Gasteiger partial charge in [0.1, 0.15) is 23.7 Å². The van der Waals surface area contributed by atoms with E-state index in [-0.39, 0.29) is 10.6 Å². The van der Waals surface area contributed by atoms with Gasteiger partial charge in [-0.25, -0.2) is 22.2 Å². The summed E-state index contributed by atoms with van der Waals surface area (Å²) in [5.41, 5.74) is -2.03. The number of imidazole rings is 1. The quantitative estimate of drug-likeness (QED) is 0.449. The van der Waals surface area contributed by atoms with Crippen LogP contribution >= 0.6 is 0 Å². The molecule has 1 aromatic heterocycles. The molecule has 1 heterocycles. The zero-order valence-corrected chi connectivity index (χ0v) is 18.9. The molecule has 186 valence electrons. The van der Waals surface area contributed by atoms with Crippen LogP contribution in [0.25, 0.3) is 0 Å². The summed E-state index contributed by atoms with van der Waals surface area (Å²) in [7, 11) is -2.74. The van der Waals surface area contributed by atoms with Gasteiger partial charge in [0.15, 0.2) is 0 Å². The van der Waals surface area contributed by atoms with Gasteiger partial charge in [0.2, 0.25) is 5.91 Å². The molecule has 15 heteroatoms. The van der Waals surface area contributed by atoms with Gasteiger partial charge < -0.3 is 20.5 Å². The number of benzene rings is 1. The number of amides is 2. The highest BCUT2D eigenvalue weighted by atomic mass is 32.2. The molecule has 0 fully saturated rings. The highest BCUT2D eigenvalue weighted by Gasteiger charge is 2.42. The molecule has 1 aromatic carbocycles. The maximum Gasteiger partial charge on any atom is 0.471 e. The third kappa shape index (κ3) is 6.24. The Labute approximate surface area is 192 Å². The summed E-state index contributed by atoms with van der Waals surface area (Å²) in [6, 6.07) is 3.44. The first kappa shape index (κ1) is 26.6. The predicted molar refractivity (Wildman–Crippen MR) is 109 cm³/mol. The fraction of sp³-hybridized carbons (Fsp3) is 0.368. The standard InChI is InChI=1S/C19H21F3N4O7S/c1-18(2,17(29)30)25-15(27)14(24-16(28)19(20,21)22)8-11-9-26(10-23-11)34(31,32)13-6-4-12(33-3)5-7-13/h4-7,9-10,14H,8H2,1-3H3,(H,24,28)(H,25,27)(H,29,30)/t14-/m0/s1. The summed E-state index contributed by atoms with van der Waals surface area (Å²) in [4.78, 5) is 38.8. The lowest BCUT2D eigenvalue weighted by molar-refractivity contribution is -0.174. The monoisotopic (exact) mass is 506 g/mol. The fourth-order valence-corrected chi connectivity index (χ4v) is 3.71. The summed E-state index contributed by atoms with van der Waals surface area (Å²) >= 11 is 0. The van der Waals surface area contributed by atoms with E-state index in [1.54, 1.807) is 0 Å². The summed E-state index contributed by atoms with van der Waals surface area (Å²) in [6.07, 6.45) is -4.15. The van der Waals surface area contributed by atoms with Crippen LogP contribution in [0.2, 0.25) is 0 Å². The predicted octanol–water partition coefficient (Wildman–Crippen LogP) is 0.698. The molecule has 11 nitrogen and oxygen atoms in total. The molecule has 0 radical (unpaired) electrons. The molecule has 3 N–H and O–H groups in total. The second-order valence-corrected chi connectivity index (χ2v) is 9.37. The molecule has 2 amide bonds. The Hall–Kier alpha value is -3.62. The summed E-state index contributed by atoms with van der Waals surface area (Å²) in [5, 5.41) is 12.6. The van der Waals surface area contributed by atoms with Gasteiger partial charge >= 0.3 is 18.1 Å². The number of aliphatic carboxylic acids is 1. The Balaban J connectivity index is 2.31. The van der Waals surface area contributed by atoms with E-state index in [1.807, 2.05) is 5.32 Å². The highest BCUT2D eigenvalue weighted by Crippen LogP contribution is 2.19. The molecule has 0 saturated carbocycles. The molecule has 0 unspecified atom stereocenters. The number of hydrogen-bond acceptors (Lipinski definition) is 7. The van der Waals surface area contributed by atoms with Gasteiger partial charge in [-0.1, -0.05) is 0 Å². The minimum atomic E-state index is -5.32. The number of methoxy groups -OCH3 is 1. The lowest BCUT2D eigenvalue weighted by atomic mass is 10.0. The number of halogens is 3. The first-order chi connectivity index (χ1) is 15.6. The maximum atomic E-state index is 12.8. The highest BCUT2D eigenvalue weighted by molar-refractivity contribution is 7.90. The van der Waals surface area contributed by atoms with Crippen LogP contribution in [-0.2, 0) is 30.8 Å². The average molecular weight is 506 g/mol. The molecular weight excluding hydrogens is 485 g/mol. The number of carbonyl (C=O) groups excluding carboxylic acids is 2. The van der Waals surface area contributed by atoms with E-state index in [0.29, 0.717) is 9.72 Å². The third-order valence-electron chi connectivity index (χ3n) is 4.51. The number of hydrogen-bond donors (Lipinski definition) is 3. The number of carboxylic acids is 1. The first-order valence-corrected chi connectivity index (χ1v) is 10.9. The van der Waals surface area contributed by atoms with Gasteiger partial charge in [0, 0.05) is 12.6 Å². The van der Waals surface area contributed by atoms with Crippen LogP contribution in [0.5, 0.6) is 5.75 Å². The molecule has 0 bridgehead atoms. The molecule has 34 heavy (non-hydrogen) atoms. The van der Waals surface area contributed by atoms with Gasteiger partial charge in [-0.15, -0.1) is 0 Å². The molecule has 0 saturated heterocycles. The Morgan fingerprint density at radius 1 is 1.18 bits per heavy atom. The second kappa shape index (κ2) is 9.70. The van der Waals surface area contributed by atoms with Crippen LogP contribution in [0.4, 0.5) is 13.2 Å². The molecule has 1 atom stereocenters. The number of nitrogens with zero attached hydrogens (tertiary/aromatic N) is 2. The molecule has 0 aliphatic rings. The van der Waals surface area contributed by atoms with Gasteiger partial charge in [-0.05, 0) is 38.1 Å². The normalized spacial score (nSPS) is 13.1. The number of nitrogens with one attached hydrogen (secondary N) is 2. The smallest absolute Gasteiger partial charge is 0.471 e. The zero-order valence-electron chi connectivity index (χ0n) is 18.1. The van der Waals surface area contributed by atoms with Gasteiger partial charge in [-0.2, -0.15) is 13.2 Å². The minimum Gasteiger partial charge on any atom is -0.497 e. The summed E-state index contributed by atoms with van der Waals surface area (Å²) < 4.78 is 69.4. The van der Waals surface area contributed by atoms with E-state index in [2.05, 4.69) is 4.98 Å².